The lowest BCUT2D eigenvalue weighted by atomic mass is 9.87. The molecule has 28 heavy (non-hydrogen) atoms. The number of halogens is 2. The summed E-state index contributed by atoms with van der Waals surface area (Å²) in [6.07, 6.45) is 4.93. The number of benzene rings is 1. The number of hydrogen-bond acceptors (Lipinski definition) is 5. The highest BCUT2D eigenvalue weighted by molar-refractivity contribution is 6.32. The molecule has 1 amide bonds. The fourth-order valence-corrected chi connectivity index (χ4v) is 3.72. The molecule has 1 saturated heterocycles. The van der Waals surface area contributed by atoms with Crippen molar-refractivity contribution in [2.24, 2.45) is 0 Å². The average Bonchev–Trinajstić information content (AvgIpc) is 3.23. The SMILES string of the molecule is CCOc1c(Cl)cc(CNC(=O)C2(n3cccn3)CCNCC2)cc1OC.Cl. The van der Waals surface area contributed by atoms with Crippen LogP contribution >= 0.6 is 24.0 Å². The van der Waals surface area contributed by atoms with Gasteiger partial charge in [0.25, 0.3) is 0 Å². The molecule has 0 bridgehead atoms. The number of ether oxygens (including phenoxy) is 2. The smallest absolute Gasteiger partial charge is 0.248 e. The molecule has 1 fully saturated rings. The van der Waals surface area contributed by atoms with Crippen molar-refractivity contribution in [2.75, 3.05) is 26.8 Å². The van der Waals surface area contributed by atoms with Crippen molar-refractivity contribution < 1.29 is 14.3 Å². The minimum absolute atomic E-state index is 0. The van der Waals surface area contributed by atoms with Crippen molar-refractivity contribution in [1.29, 1.82) is 0 Å². The second-order valence-electron chi connectivity index (χ2n) is 6.46. The van der Waals surface area contributed by atoms with Crippen molar-refractivity contribution in [3.8, 4) is 11.5 Å². The van der Waals surface area contributed by atoms with Gasteiger partial charge in [-0.15, -0.1) is 12.4 Å². The number of aromatic nitrogens is 2. The van der Waals surface area contributed by atoms with E-state index >= 15 is 0 Å². The molecule has 9 heteroatoms. The Labute approximate surface area is 176 Å². The first-order valence-corrected chi connectivity index (χ1v) is 9.47. The van der Waals surface area contributed by atoms with Crippen LogP contribution in [0.25, 0.3) is 0 Å². The van der Waals surface area contributed by atoms with E-state index in [1.54, 1.807) is 24.1 Å². The summed E-state index contributed by atoms with van der Waals surface area (Å²) in [6, 6.07) is 5.46. The van der Waals surface area contributed by atoms with E-state index in [1.165, 1.54) is 0 Å². The summed E-state index contributed by atoms with van der Waals surface area (Å²) in [4.78, 5) is 13.1. The largest absolute Gasteiger partial charge is 0.493 e. The topological polar surface area (TPSA) is 77.4 Å². The van der Waals surface area contributed by atoms with Crippen LogP contribution in [0.4, 0.5) is 0 Å². The Bertz CT molecular complexity index is 778. The fraction of sp³-hybridized carbons (Fsp3) is 0.474. The van der Waals surface area contributed by atoms with Gasteiger partial charge in [0.05, 0.1) is 18.7 Å². The quantitative estimate of drug-likeness (QED) is 0.708. The molecular weight excluding hydrogens is 403 g/mol. The highest BCUT2D eigenvalue weighted by Crippen LogP contribution is 2.36. The molecule has 1 aromatic carbocycles. The molecule has 0 saturated carbocycles. The summed E-state index contributed by atoms with van der Waals surface area (Å²) < 4.78 is 12.7. The van der Waals surface area contributed by atoms with Gasteiger partial charge in [-0.3, -0.25) is 9.48 Å². The highest BCUT2D eigenvalue weighted by Gasteiger charge is 2.41. The molecule has 154 valence electrons. The van der Waals surface area contributed by atoms with Crippen LogP contribution in [-0.2, 0) is 16.9 Å². The Morgan fingerprint density at radius 1 is 1.39 bits per heavy atom. The Balaban J connectivity index is 0.00000280. The standard InChI is InChI=1S/C19H25ClN4O3.ClH/c1-3-27-17-15(20)11-14(12-16(17)26-2)13-22-18(25)19(5-8-21-9-6-19)24-10-4-7-23-24;/h4,7,10-12,21H,3,5-6,8-9,13H2,1-2H3,(H,22,25);1H. The van der Waals surface area contributed by atoms with E-state index in [4.69, 9.17) is 21.1 Å². The van der Waals surface area contributed by atoms with Crippen LogP contribution in [0, 0.1) is 0 Å². The maximum absolute atomic E-state index is 13.1. The highest BCUT2D eigenvalue weighted by atomic mass is 35.5. The van der Waals surface area contributed by atoms with Gasteiger partial charge in [-0.05, 0) is 56.6 Å². The van der Waals surface area contributed by atoms with E-state index in [0.29, 0.717) is 42.5 Å². The second kappa shape index (κ2) is 10.0. The summed E-state index contributed by atoms with van der Waals surface area (Å²) in [5.74, 6) is 1.03. The second-order valence-corrected chi connectivity index (χ2v) is 6.86. The van der Waals surface area contributed by atoms with Gasteiger partial charge in [-0.25, -0.2) is 0 Å². The first-order chi connectivity index (χ1) is 13.1. The van der Waals surface area contributed by atoms with Gasteiger partial charge in [-0.1, -0.05) is 11.6 Å². The van der Waals surface area contributed by atoms with Crippen molar-refractivity contribution in [1.82, 2.24) is 20.4 Å². The summed E-state index contributed by atoms with van der Waals surface area (Å²) in [7, 11) is 1.57. The molecule has 0 spiro atoms. The molecule has 1 aromatic heterocycles. The van der Waals surface area contributed by atoms with Gasteiger partial charge >= 0.3 is 0 Å². The van der Waals surface area contributed by atoms with Gasteiger partial charge in [0, 0.05) is 18.9 Å². The molecule has 0 atom stereocenters. The monoisotopic (exact) mass is 428 g/mol. The molecule has 2 N–H and O–H groups in total. The number of hydrogen-bond donors (Lipinski definition) is 2. The minimum atomic E-state index is -0.673. The average molecular weight is 429 g/mol. The number of carbonyl (C=O) groups excluding carboxylic acids is 1. The normalized spacial score (nSPS) is 15.4. The Morgan fingerprint density at radius 2 is 2.14 bits per heavy atom. The molecule has 0 radical (unpaired) electrons. The Hall–Kier alpha value is -1.96. The molecular formula is C19H26Cl2N4O3. The summed E-state index contributed by atoms with van der Waals surface area (Å²) in [6.45, 7) is 4.27. The van der Waals surface area contributed by atoms with Crippen LogP contribution in [0.15, 0.2) is 30.6 Å². The number of nitrogens with one attached hydrogen (secondary N) is 2. The van der Waals surface area contributed by atoms with E-state index in [-0.39, 0.29) is 18.3 Å². The number of nitrogens with zero attached hydrogens (tertiary/aromatic N) is 2. The van der Waals surface area contributed by atoms with Crippen molar-refractivity contribution in [3.63, 3.8) is 0 Å². The Kier molecular flexibility index (Phi) is 7.98. The lowest BCUT2D eigenvalue weighted by Gasteiger charge is -2.36. The van der Waals surface area contributed by atoms with Gasteiger partial charge in [0.15, 0.2) is 11.5 Å². The van der Waals surface area contributed by atoms with Crippen molar-refractivity contribution in [3.05, 3.63) is 41.2 Å². The minimum Gasteiger partial charge on any atom is -0.493 e. The molecule has 1 aliphatic rings. The lowest BCUT2D eigenvalue weighted by molar-refractivity contribution is -0.132. The van der Waals surface area contributed by atoms with E-state index in [2.05, 4.69) is 15.7 Å². The van der Waals surface area contributed by atoms with Crippen LogP contribution < -0.4 is 20.1 Å². The van der Waals surface area contributed by atoms with Gasteiger partial charge in [-0.2, -0.15) is 5.10 Å². The van der Waals surface area contributed by atoms with Gasteiger partial charge in [0.1, 0.15) is 5.54 Å². The zero-order valence-corrected chi connectivity index (χ0v) is 17.6. The predicted octanol–water partition coefficient (Wildman–Crippen LogP) is 2.76. The molecule has 0 unspecified atom stereocenters. The number of carbonyl (C=O) groups is 1. The third-order valence-electron chi connectivity index (χ3n) is 4.83. The first-order valence-electron chi connectivity index (χ1n) is 9.09. The molecule has 0 aliphatic carbocycles. The van der Waals surface area contributed by atoms with Crippen LogP contribution in [0.3, 0.4) is 0 Å². The van der Waals surface area contributed by atoms with E-state index in [0.717, 1.165) is 18.7 Å². The van der Waals surface area contributed by atoms with Crippen molar-refractivity contribution >= 4 is 29.9 Å². The van der Waals surface area contributed by atoms with Crippen LogP contribution in [0.2, 0.25) is 5.02 Å². The lowest BCUT2D eigenvalue weighted by Crippen LogP contribution is -2.54. The van der Waals surface area contributed by atoms with E-state index < -0.39 is 5.54 Å². The predicted molar refractivity (Wildman–Crippen MR) is 111 cm³/mol. The molecule has 2 heterocycles. The Morgan fingerprint density at radius 3 is 2.75 bits per heavy atom. The zero-order chi connectivity index (χ0) is 19.3. The molecule has 1 aliphatic heterocycles. The number of amides is 1. The zero-order valence-electron chi connectivity index (χ0n) is 16.0. The van der Waals surface area contributed by atoms with Gasteiger partial charge < -0.3 is 20.1 Å². The number of methoxy groups -OCH3 is 1. The molecule has 2 aromatic rings. The van der Waals surface area contributed by atoms with Crippen LogP contribution in [0.1, 0.15) is 25.3 Å². The fourth-order valence-electron chi connectivity index (χ4n) is 3.43. The first kappa shape index (κ1) is 22.3. The summed E-state index contributed by atoms with van der Waals surface area (Å²) in [5.41, 5.74) is 0.173. The number of rotatable bonds is 7. The molecule has 7 nitrogen and oxygen atoms in total. The third-order valence-corrected chi connectivity index (χ3v) is 5.11. The summed E-state index contributed by atoms with van der Waals surface area (Å²) >= 11 is 6.32. The van der Waals surface area contributed by atoms with Gasteiger partial charge in [0.2, 0.25) is 5.91 Å². The van der Waals surface area contributed by atoms with Crippen LogP contribution in [-0.4, -0.2) is 42.5 Å². The van der Waals surface area contributed by atoms with Crippen LogP contribution in [0.5, 0.6) is 11.5 Å². The summed E-state index contributed by atoms with van der Waals surface area (Å²) in [5, 5.41) is 11.1. The molecule has 3 rings (SSSR count). The number of piperidine rings is 1. The van der Waals surface area contributed by atoms with E-state index in [1.807, 2.05) is 25.3 Å². The third kappa shape index (κ3) is 4.54. The maximum atomic E-state index is 13.1. The van der Waals surface area contributed by atoms with E-state index in [9.17, 15) is 4.79 Å². The maximum Gasteiger partial charge on any atom is 0.248 e. The van der Waals surface area contributed by atoms with Crippen molar-refractivity contribution in [2.45, 2.75) is 31.8 Å².